The maximum Gasteiger partial charge on any atom is 0.201 e. The number of ether oxygens (including phenoxy) is 1. The van der Waals surface area contributed by atoms with E-state index in [1.807, 2.05) is 0 Å². The number of rotatable bonds is 1. The van der Waals surface area contributed by atoms with E-state index in [0.29, 0.717) is 17.5 Å². The zero-order valence-corrected chi connectivity index (χ0v) is 8.77. The van der Waals surface area contributed by atoms with Crippen LogP contribution in [0.4, 0.5) is 8.78 Å². The molecule has 14 heavy (non-hydrogen) atoms. The van der Waals surface area contributed by atoms with Gasteiger partial charge in [-0.1, -0.05) is 15.9 Å². The SMILES string of the molecule is Fc1ccc2c(c1F)OCC(CBr)=C2. The van der Waals surface area contributed by atoms with E-state index in [0.717, 1.165) is 11.6 Å². The predicted molar refractivity (Wildman–Crippen MR) is 53.6 cm³/mol. The fourth-order valence-electron chi connectivity index (χ4n) is 1.31. The fraction of sp³-hybridized carbons (Fsp3) is 0.200. The molecule has 0 saturated heterocycles. The van der Waals surface area contributed by atoms with Crippen molar-refractivity contribution in [1.82, 2.24) is 0 Å². The van der Waals surface area contributed by atoms with E-state index in [9.17, 15) is 8.78 Å². The molecule has 0 N–H and O–H groups in total. The van der Waals surface area contributed by atoms with Crippen LogP contribution in [0.5, 0.6) is 5.75 Å². The molecule has 4 heteroatoms. The summed E-state index contributed by atoms with van der Waals surface area (Å²) in [7, 11) is 0. The van der Waals surface area contributed by atoms with Gasteiger partial charge in [0.1, 0.15) is 6.61 Å². The number of halogens is 3. The van der Waals surface area contributed by atoms with Crippen molar-refractivity contribution in [3.63, 3.8) is 0 Å². The molecule has 1 aliphatic heterocycles. The van der Waals surface area contributed by atoms with Gasteiger partial charge in [0.15, 0.2) is 11.6 Å². The predicted octanol–water partition coefficient (Wildman–Crippen LogP) is 3.14. The number of hydrogen-bond donors (Lipinski definition) is 0. The number of benzene rings is 1. The average Bonchev–Trinajstić information content (AvgIpc) is 2.23. The molecular weight excluding hydrogens is 254 g/mol. The van der Waals surface area contributed by atoms with E-state index >= 15 is 0 Å². The zero-order chi connectivity index (χ0) is 10.1. The van der Waals surface area contributed by atoms with E-state index in [1.165, 1.54) is 6.07 Å². The highest BCUT2D eigenvalue weighted by atomic mass is 79.9. The molecule has 1 aromatic carbocycles. The molecule has 74 valence electrons. The van der Waals surface area contributed by atoms with E-state index in [2.05, 4.69) is 15.9 Å². The Morgan fingerprint density at radius 2 is 2.14 bits per heavy atom. The van der Waals surface area contributed by atoms with Crippen LogP contribution in [-0.4, -0.2) is 11.9 Å². The van der Waals surface area contributed by atoms with Crippen molar-refractivity contribution >= 4 is 22.0 Å². The summed E-state index contributed by atoms with van der Waals surface area (Å²) in [5, 5.41) is 0.672. The molecule has 0 bridgehead atoms. The second kappa shape index (κ2) is 3.69. The highest BCUT2D eigenvalue weighted by Gasteiger charge is 2.17. The lowest BCUT2D eigenvalue weighted by atomic mass is 10.1. The van der Waals surface area contributed by atoms with Crippen LogP contribution in [0, 0.1) is 11.6 Å². The minimum atomic E-state index is -0.910. The molecule has 0 amide bonds. The second-order valence-electron chi connectivity index (χ2n) is 3.00. The van der Waals surface area contributed by atoms with E-state index in [4.69, 9.17) is 4.74 Å². The Labute approximate surface area is 88.5 Å². The van der Waals surface area contributed by atoms with Crippen LogP contribution in [0.25, 0.3) is 6.08 Å². The van der Waals surface area contributed by atoms with Gasteiger partial charge in [0.05, 0.1) is 0 Å². The first-order chi connectivity index (χ1) is 6.72. The highest BCUT2D eigenvalue weighted by Crippen LogP contribution is 2.30. The summed E-state index contributed by atoms with van der Waals surface area (Å²) in [6, 6.07) is 2.61. The minimum absolute atomic E-state index is 0.00898. The third kappa shape index (κ3) is 1.54. The quantitative estimate of drug-likeness (QED) is 0.705. The standard InChI is InChI=1S/C10H7BrF2O/c11-4-6-3-7-1-2-8(12)9(13)10(7)14-5-6/h1-3H,4-5H2. The summed E-state index contributed by atoms with van der Waals surface area (Å²) in [4.78, 5) is 0. The highest BCUT2D eigenvalue weighted by molar-refractivity contribution is 9.09. The normalized spacial score (nSPS) is 14.4. The topological polar surface area (TPSA) is 9.23 Å². The Balaban J connectivity index is 2.51. The summed E-state index contributed by atoms with van der Waals surface area (Å²) in [6.45, 7) is 0.304. The van der Waals surface area contributed by atoms with Gasteiger partial charge in [-0.3, -0.25) is 0 Å². The molecule has 2 rings (SSSR count). The Kier molecular flexibility index (Phi) is 2.54. The molecule has 0 unspecified atom stereocenters. The lowest BCUT2D eigenvalue weighted by molar-refractivity contribution is 0.320. The van der Waals surface area contributed by atoms with Crippen molar-refractivity contribution in [2.75, 3.05) is 11.9 Å². The van der Waals surface area contributed by atoms with Crippen LogP contribution in [0.2, 0.25) is 0 Å². The summed E-state index contributed by atoms with van der Waals surface area (Å²) in [5.74, 6) is -1.78. The lowest BCUT2D eigenvalue weighted by Gasteiger charge is -2.17. The van der Waals surface area contributed by atoms with Gasteiger partial charge in [-0.05, 0) is 23.8 Å². The second-order valence-corrected chi connectivity index (χ2v) is 3.57. The van der Waals surface area contributed by atoms with E-state index in [1.54, 1.807) is 6.08 Å². The zero-order valence-electron chi connectivity index (χ0n) is 7.19. The molecule has 0 aliphatic carbocycles. The molecule has 1 heterocycles. The summed E-state index contributed by atoms with van der Waals surface area (Å²) in [5.41, 5.74) is 1.59. The molecule has 0 atom stereocenters. The number of fused-ring (bicyclic) bond motifs is 1. The Morgan fingerprint density at radius 1 is 1.36 bits per heavy atom. The maximum absolute atomic E-state index is 13.2. The van der Waals surface area contributed by atoms with E-state index < -0.39 is 11.6 Å². The lowest BCUT2D eigenvalue weighted by Crippen LogP contribution is -2.10. The summed E-state index contributed by atoms with van der Waals surface area (Å²) < 4.78 is 31.1. The van der Waals surface area contributed by atoms with E-state index in [-0.39, 0.29) is 5.75 Å². The van der Waals surface area contributed by atoms with Crippen LogP contribution in [0.3, 0.4) is 0 Å². The van der Waals surface area contributed by atoms with Crippen molar-refractivity contribution in [3.8, 4) is 5.75 Å². The molecule has 0 saturated carbocycles. The van der Waals surface area contributed by atoms with Gasteiger partial charge in [0.2, 0.25) is 5.82 Å². The minimum Gasteiger partial charge on any atom is -0.485 e. The third-order valence-corrected chi connectivity index (χ3v) is 2.73. The van der Waals surface area contributed by atoms with Crippen molar-refractivity contribution in [3.05, 3.63) is 34.9 Å². The van der Waals surface area contributed by atoms with Crippen LogP contribution in [0.15, 0.2) is 17.7 Å². The van der Waals surface area contributed by atoms with Gasteiger partial charge in [0, 0.05) is 10.9 Å². The first-order valence-corrected chi connectivity index (χ1v) is 5.20. The fourth-order valence-corrected chi connectivity index (χ4v) is 1.63. The van der Waals surface area contributed by atoms with Crippen LogP contribution in [-0.2, 0) is 0 Å². The van der Waals surface area contributed by atoms with Crippen molar-refractivity contribution < 1.29 is 13.5 Å². The molecule has 1 aliphatic rings. The Hall–Kier alpha value is -0.900. The van der Waals surface area contributed by atoms with Gasteiger partial charge < -0.3 is 4.74 Å². The first kappa shape index (κ1) is 9.65. The molecule has 0 fully saturated rings. The third-order valence-electron chi connectivity index (χ3n) is 2.01. The maximum atomic E-state index is 13.2. The molecule has 1 nitrogen and oxygen atoms in total. The van der Waals surface area contributed by atoms with Crippen LogP contribution < -0.4 is 4.74 Å². The monoisotopic (exact) mass is 260 g/mol. The van der Waals surface area contributed by atoms with Crippen molar-refractivity contribution in [2.45, 2.75) is 0 Å². The Bertz CT molecular complexity index is 401. The van der Waals surface area contributed by atoms with Crippen LogP contribution >= 0.6 is 15.9 Å². The van der Waals surface area contributed by atoms with Gasteiger partial charge in [0.25, 0.3) is 0 Å². The molecule has 0 aromatic heterocycles. The molecule has 1 aromatic rings. The number of alkyl halides is 1. The largest absolute Gasteiger partial charge is 0.485 e. The van der Waals surface area contributed by atoms with Crippen LogP contribution in [0.1, 0.15) is 5.56 Å². The van der Waals surface area contributed by atoms with Gasteiger partial charge in [-0.25, -0.2) is 4.39 Å². The van der Waals surface area contributed by atoms with Gasteiger partial charge in [-0.2, -0.15) is 4.39 Å². The smallest absolute Gasteiger partial charge is 0.201 e. The van der Waals surface area contributed by atoms with Gasteiger partial charge >= 0.3 is 0 Å². The molecule has 0 radical (unpaired) electrons. The van der Waals surface area contributed by atoms with Gasteiger partial charge in [-0.15, -0.1) is 0 Å². The summed E-state index contributed by atoms with van der Waals surface area (Å²) in [6.07, 6.45) is 1.80. The first-order valence-electron chi connectivity index (χ1n) is 4.08. The van der Waals surface area contributed by atoms with Crippen molar-refractivity contribution in [1.29, 1.82) is 0 Å². The number of hydrogen-bond acceptors (Lipinski definition) is 1. The average molecular weight is 261 g/mol. The summed E-state index contributed by atoms with van der Waals surface area (Å²) >= 11 is 3.28. The Morgan fingerprint density at radius 3 is 2.86 bits per heavy atom. The van der Waals surface area contributed by atoms with Crippen molar-refractivity contribution in [2.24, 2.45) is 0 Å². The molecule has 0 spiro atoms. The molecular formula is C10H7BrF2O.